The van der Waals surface area contributed by atoms with Crippen molar-refractivity contribution in [2.45, 2.75) is 31.0 Å². The zero-order chi connectivity index (χ0) is 19.4. The molecular formula is C26H25NO. The van der Waals surface area contributed by atoms with Crippen LogP contribution in [0.4, 0.5) is 0 Å². The van der Waals surface area contributed by atoms with Gasteiger partial charge < -0.3 is 10.4 Å². The van der Waals surface area contributed by atoms with Gasteiger partial charge in [-0.1, -0.05) is 97.6 Å². The molecule has 1 fully saturated rings. The van der Waals surface area contributed by atoms with E-state index in [-0.39, 0.29) is 18.0 Å². The molecule has 1 aliphatic rings. The first-order chi connectivity index (χ1) is 13.7. The van der Waals surface area contributed by atoms with E-state index in [1.54, 1.807) is 0 Å². The smallest absolute Gasteiger partial charge is 0.132 e. The van der Waals surface area contributed by atoms with Gasteiger partial charge in [-0.25, -0.2) is 0 Å². The van der Waals surface area contributed by atoms with Crippen LogP contribution in [0.3, 0.4) is 0 Å². The van der Waals surface area contributed by atoms with Crippen molar-refractivity contribution in [1.82, 2.24) is 5.32 Å². The fourth-order valence-electron chi connectivity index (χ4n) is 4.00. The van der Waals surface area contributed by atoms with E-state index in [1.807, 2.05) is 66.7 Å². The Morgan fingerprint density at radius 1 is 0.821 bits per heavy atom. The standard InChI is InChI=1S/C26H25NO/c1-20-25(23-15-9-4-10-16-23)27-24(22-13-7-3-8-14-22)19-26(20,28)18-17-21-11-5-2-6-12-21/h2-16,20,24-25,27-28H,19H2,1H3/t20-,24-,25-,26-/m0/s1. The predicted octanol–water partition coefficient (Wildman–Crippen LogP) is 4.88. The summed E-state index contributed by atoms with van der Waals surface area (Å²) in [6.45, 7) is 2.09. The Kier molecular flexibility index (Phi) is 5.30. The molecule has 28 heavy (non-hydrogen) atoms. The van der Waals surface area contributed by atoms with E-state index >= 15 is 0 Å². The van der Waals surface area contributed by atoms with Gasteiger partial charge in [0.25, 0.3) is 0 Å². The van der Waals surface area contributed by atoms with Crippen molar-refractivity contribution in [3.05, 3.63) is 108 Å². The van der Waals surface area contributed by atoms with Crippen LogP contribution in [0.2, 0.25) is 0 Å². The van der Waals surface area contributed by atoms with E-state index in [4.69, 9.17) is 0 Å². The van der Waals surface area contributed by atoms with E-state index in [0.717, 1.165) is 5.56 Å². The number of rotatable bonds is 2. The van der Waals surface area contributed by atoms with Crippen LogP contribution in [0.25, 0.3) is 0 Å². The molecule has 0 spiro atoms. The van der Waals surface area contributed by atoms with Crippen molar-refractivity contribution < 1.29 is 5.11 Å². The zero-order valence-corrected chi connectivity index (χ0v) is 16.0. The molecule has 0 amide bonds. The molecule has 0 saturated carbocycles. The Bertz CT molecular complexity index is 959. The van der Waals surface area contributed by atoms with Gasteiger partial charge in [0.1, 0.15) is 5.60 Å². The molecule has 1 aliphatic heterocycles. The Balaban J connectivity index is 1.72. The number of piperidine rings is 1. The zero-order valence-electron chi connectivity index (χ0n) is 16.0. The maximum Gasteiger partial charge on any atom is 0.132 e. The molecule has 0 bridgehead atoms. The van der Waals surface area contributed by atoms with Gasteiger partial charge in [-0.2, -0.15) is 0 Å². The van der Waals surface area contributed by atoms with Gasteiger partial charge in [0, 0.05) is 30.0 Å². The summed E-state index contributed by atoms with van der Waals surface area (Å²) in [5, 5.41) is 15.4. The number of nitrogens with one attached hydrogen (secondary N) is 1. The van der Waals surface area contributed by atoms with Crippen LogP contribution < -0.4 is 5.32 Å². The van der Waals surface area contributed by atoms with Gasteiger partial charge in [-0.15, -0.1) is 0 Å². The van der Waals surface area contributed by atoms with Crippen molar-refractivity contribution >= 4 is 0 Å². The first-order valence-electron chi connectivity index (χ1n) is 9.82. The molecule has 1 heterocycles. The van der Waals surface area contributed by atoms with Crippen LogP contribution in [0.1, 0.15) is 42.1 Å². The third kappa shape index (κ3) is 3.87. The van der Waals surface area contributed by atoms with Crippen molar-refractivity contribution in [3.63, 3.8) is 0 Å². The van der Waals surface area contributed by atoms with Gasteiger partial charge in [0.2, 0.25) is 0 Å². The maximum absolute atomic E-state index is 11.7. The number of benzene rings is 3. The maximum atomic E-state index is 11.7. The second-order valence-electron chi connectivity index (χ2n) is 7.55. The van der Waals surface area contributed by atoms with Gasteiger partial charge >= 0.3 is 0 Å². The molecule has 3 aromatic rings. The second-order valence-corrected chi connectivity index (χ2v) is 7.55. The monoisotopic (exact) mass is 367 g/mol. The lowest BCUT2D eigenvalue weighted by molar-refractivity contribution is -0.0196. The summed E-state index contributed by atoms with van der Waals surface area (Å²) in [6.07, 6.45) is 0.557. The van der Waals surface area contributed by atoms with E-state index in [0.29, 0.717) is 6.42 Å². The van der Waals surface area contributed by atoms with Gasteiger partial charge in [-0.05, 0) is 23.3 Å². The molecule has 3 aromatic carbocycles. The summed E-state index contributed by atoms with van der Waals surface area (Å²) in [6, 6.07) is 30.6. The van der Waals surface area contributed by atoms with Gasteiger partial charge in [0.15, 0.2) is 0 Å². The minimum atomic E-state index is -1.08. The predicted molar refractivity (Wildman–Crippen MR) is 114 cm³/mol. The normalized spacial score (nSPS) is 26.9. The number of hydrogen-bond acceptors (Lipinski definition) is 2. The SMILES string of the molecule is C[C@H]1[C@@H](c2ccccc2)N[C@H](c2ccccc2)C[C@@]1(O)C#Cc1ccccc1. The lowest BCUT2D eigenvalue weighted by Crippen LogP contribution is -2.51. The highest BCUT2D eigenvalue weighted by molar-refractivity contribution is 5.38. The van der Waals surface area contributed by atoms with Gasteiger partial charge in [-0.3, -0.25) is 0 Å². The highest BCUT2D eigenvalue weighted by Gasteiger charge is 2.45. The average Bonchev–Trinajstić information content (AvgIpc) is 2.76. The van der Waals surface area contributed by atoms with E-state index in [9.17, 15) is 5.11 Å². The summed E-state index contributed by atoms with van der Waals surface area (Å²) in [5.74, 6) is 6.38. The molecule has 0 aromatic heterocycles. The summed E-state index contributed by atoms with van der Waals surface area (Å²) in [5.41, 5.74) is 2.20. The first kappa shape index (κ1) is 18.5. The summed E-state index contributed by atoms with van der Waals surface area (Å²) >= 11 is 0. The Labute approximate surface area is 167 Å². The van der Waals surface area contributed by atoms with E-state index in [2.05, 4.69) is 48.3 Å². The summed E-state index contributed by atoms with van der Waals surface area (Å²) in [7, 11) is 0. The molecule has 0 radical (unpaired) electrons. The van der Waals surface area contributed by atoms with Crippen LogP contribution >= 0.6 is 0 Å². The Morgan fingerprint density at radius 2 is 1.36 bits per heavy atom. The third-order valence-electron chi connectivity index (χ3n) is 5.71. The topological polar surface area (TPSA) is 32.3 Å². The lowest BCUT2D eigenvalue weighted by Gasteiger charge is -2.45. The van der Waals surface area contributed by atoms with Crippen LogP contribution in [-0.2, 0) is 0 Å². The molecule has 2 N–H and O–H groups in total. The first-order valence-corrected chi connectivity index (χ1v) is 9.82. The van der Waals surface area contributed by atoms with Crippen molar-refractivity contribution in [2.75, 3.05) is 0 Å². The fourth-order valence-corrected chi connectivity index (χ4v) is 4.00. The van der Waals surface area contributed by atoms with Crippen LogP contribution in [0, 0.1) is 17.8 Å². The summed E-state index contributed by atoms with van der Waals surface area (Å²) < 4.78 is 0. The highest BCUT2D eigenvalue weighted by Crippen LogP contribution is 2.42. The van der Waals surface area contributed by atoms with Crippen molar-refractivity contribution in [2.24, 2.45) is 5.92 Å². The number of hydrogen-bond donors (Lipinski definition) is 2. The van der Waals surface area contributed by atoms with Crippen molar-refractivity contribution in [3.8, 4) is 11.8 Å². The minimum Gasteiger partial charge on any atom is -0.377 e. The Morgan fingerprint density at radius 3 is 1.96 bits per heavy atom. The highest BCUT2D eigenvalue weighted by atomic mass is 16.3. The minimum absolute atomic E-state index is 0.0234. The second kappa shape index (κ2) is 8.02. The van der Waals surface area contributed by atoms with E-state index < -0.39 is 5.60 Å². The molecule has 0 unspecified atom stereocenters. The molecule has 4 atom stereocenters. The fraction of sp³-hybridized carbons (Fsp3) is 0.231. The van der Waals surface area contributed by atoms with Crippen molar-refractivity contribution in [1.29, 1.82) is 0 Å². The summed E-state index contributed by atoms with van der Waals surface area (Å²) in [4.78, 5) is 0. The van der Waals surface area contributed by atoms with Crippen LogP contribution in [-0.4, -0.2) is 10.7 Å². The number of aliphatic hydroxyl groups is 1. The molecule has 1 saturated heterocycles. The molecular weight excluding hydrogens is 342 g/mol. The third-order valence-corrected chi connectivity index (χ3v) is 5.71. The largest absolute Gasteiger partial charge is 0.377 e. The molecule has 4 rings (SSSR count). The van der Waals surface area contributed by atoms with E-state index in [1.165, 1.54) is 11.1 Å². The molecule has 0 aliphatic carbocycles. The average molecular weight is 367 g/mol. The quantitative estimate of drug-likeness (QED) is 0.633. The Hall–Kier alpha value is -2.86. The lowest BCUT2D eigenvalue weighted by atomic mass is 9.72. The molecule has 2 nitrogen and oxygen atoms in total. The van der Waals surface area contributed by atoms with Crippen LogP contribution in [0.15, 0.2) is 91.0 Å². The van der Waals surface area contributed by atoms with Gasteiger partial charge in [0.05, 0.1) is 0 Å². The molecule has 2 heteroatoms. The van der Waals surface area contributed by atoms with Crippen LogP contribution in [0.5, 0.6) is 0 Å². The molecule has 140 valence electrons.